The topological polar surface area (TPSA) is 73.9 Å². The fraction of sp³-hybridized carbons (Fsp3) is 0. The van der Waals surface area contributed by atoms with Gasteiger partial charge in [-0.25, -0.2) is 0 Å². The van der Waals surface area contributed by atoms with E-state index in [1.54, 1.807) is 91.0 Å². The Morgan fingerprint density at radius 2 is 1.06 bits per heavy atom. The zero-order chi connectivity index (χ0) is 22.2. The minimum atomic E-state index is -4.21. The van der Waals surface area contributed by atoms with Crippen LogP contribution in [0.15, 0.2) is 115 Å². The number of para-hydroxylation sites is 4. The summed E-state index contributed by atoms with van der Waals surface area (Å²) in [5.74, 6) is 0.255. The average Bonchev–Trinajstić information content (AvgIpc) is 2.81. The minimum absolute atomic E-state index is 0.0659. The number of amides is 1. The number of hydrogen-bond acceptors (Lipinski definition) is 5. The maximum absolute atomic E-state index is 13.7. The predicted octanol–water partition coefficient (Wildman–Crippen LogP) is 6.58. The molecule has 160 valence electrons. The molecule has 0 unspecified atom stereocenters. The van der Waals surface area contributed by atoms with E-state index in [0.29, 0.717) is 17.2 Å². The number of carbonyl (C=O) groups is 1. The van der Waals surface area contributed by atoms with Gasteiger partial charge in [0.25, 0.3) is 5.91 Å². The zero-order valence-electron chi connectivity index (χ0n) is 17.0. The van der Waals surface area contributed by atoms with Crippen LogP contribution in [0.2, 0.25) is 0 Å². The molecule has 0 saturated heterocycles. The number of hydrogen-bond donors (Lipinski definition) is 1. The summed E-state index contributed by atoms with van der Waals surface area (Å²) in [6, 6.07) is 32.6. The fourth-order valence-electron chi connectivity index (χ4n) is 2.85. The predicted molar refractivity (Wildman–Crippen MR) is 123 cm³/mol. The molecule has 4 rings (SSSR count). The van der Waals surface area contributed by atoms with Crippen LogP contribution in [-0.4, -0.2) is 5.91 Å². The quantitative estimate of drug-likeness (QED) is 0.310. The lowest BCUT2D eigenvalue weighted by Gasteiger charge is -2.20. The first-order chi connectivity index (χ1) is 15.6. The molecule has 0 saturated carbocycles. The van der Waals surface area contributed by atoms with Gasteiger partial charge in [0.1, 0.15) is 17.2 Å². The van der Waals surface area contributed by atoms with Gasteiger partial charge < -0.3 is 18.9 Å². The van der Waals surface area contributed by atoms with Crippen molar-refractivity contribution in [2.24, 2.45) is 0 Å². The first-order valence-corrected chi connectivity index (χ1v) is 11.3. The van der Waals surface area contributed by atoms with Gasteiger partial charge >= 0.3 is 7.82 Å². The number of phosphoric acid groups is 1. The minimum Gasteiger partial charge on any atom is -0.386 e. The third-order valence-electron chi connectivity index (χ3n) is 4.29. The lowest BCUT2D eigenvalue weighted by Crippen LogP contribution is -2.15. The molecule has 6 nitrogen and oxygen atoms in total. The van der Waals surface area contributed by atoms with Crippen molar-refractivity contribution in [3.8, 4) is 17.2 Å². The molecule has 0 aliphatic heterocycles. The molecule has 0 radical (unpaired) electrons. The first-order valence-electron chi connectivity index (χ1n) is 9.86. The van der Waals surface area contributed by atoms with Crippen LogP contribution in [0.1, 0.15) is 10.4 Å². The van der Waals surface area contributed by atoms with E-state index in [0.717, 1.165) is 0 Å². The van der Waals surface area contributed by atoms with Crippen molar-refractivity contribution in [2.45, 2.75) is 0 Å². The van der Waals surface area contributed by atoms with Crippen LogP contribution in [0.4, 0.5) is 5.69 Å². The van der Waals surface area contributed by atoms with E-state index in [-0.39, 0.29) is 11.3 Å². The Morgan fingerprint density at radius 3 is 1.62 bits per heavy atom. The van der Waals surface area contributed by atoms with Gasteiger partial charge in [0, 0.05) is 5.69 Å². The summed E-state index contributed by atoms with van der Waals surface area (Å²) in [6.45, 7) is 0. The Bertz CT molecular complexity index is 1170. The smallest absolute Gasteiger partial charge is 0.386 e. The van der Waals surface area contributed by atoms with E-state index in [9.17, 15) is 9.36 Å². The molecule has 7 heteroatoms. The molecule has 4 aromatic rings. The van der Waals surface area contributed by atoms with E-state index < -0.39 is 13.7 Å². The van der Waals surface area contributed by atoms with Gasteiger partial charge in [0.05, 0.1) is 5.56 Å². The average molecular weight is 445 g/mol. The molecule has 0 spiro atoms. The van der Waals surface area contributed by atoms with Crippen molar-refractivity contribution in [2.75, 3.05) is 5.32 Å². The molecule has 0 aromatic heterocycles. The molecule has 4 aromatic carbocycles. The molecule has 0 atom stereocenters. The maximum atomic E-state index is 13.7. The molecule has 0 aliphatic rings. The monoisotopic (exact) mass is 445 g/mol. The first kappa shape index (κ1) is 21.2. The van der Waals surface area contributed by atoms with E-state index in [4.69, 9.17) is 13.6 Å². The van der Waals surface area contributed by atoms with Crippen LogP contribution in [0.5, 0.6) is 17.2 Å². The largest absolute Gasteiger partial charge is 0.647 e. The van der Waals surface area contributed by atoms with Gasteiger partial charge in [-0.1, -0.05) is 66.7 Å². The second kappa shape index (κ2) is 9.86. The van der Waals surface area contributed by atoms with E-state index >= 15 is 0 Å². The van der Waals surface area contributed by atoms with Gasteiger partial charge in [-0.15, -0.1) is 0 Å². The molecule has 32 heavy (non-hydrogen) atoms. The summed E-state index contributed by atoms with van der Waals surface area (Å²) in [6.07, 6.45) is 0. The Kier molecular flexibility index (Phi) is 6.54. The summed E-state index contributed by atoms with van der Waals surface area (Å²) in [7, 11) is -4.21. The third-order valence-corrected chi connectivity index (χ3v) is 5.58. The maximum Gasteiger partial charge on any atom is 0.647 e. The van der Waals surface area contributed by atoms with E-state index in [1.807, 2.05) is 18.2 Å². The van der Waals surface area contributed by atoms with Crippen LogP contribution >= 0.6 is 7.82 Å². The second-order valence-corrected chi connectivity index (χ2v) is 8.11. The lowest BCUT2D eigenvalue weighted by molar-refractivity contribution is 0.102. The molecule has 0 fully saturated rings. The lowest BCUT2D eigenvalue weighted by atomic mass is 10.2. The highest BCUT2D eigenvalue weighted by atomic mass is 31.2. The Hall–Kier alpha value is -4.02. The van der Waals surface area contributed by atoms with Crippen molar-refractivity contribution in [1.82, 2.24) is 0 Å². The summed E-state index contributed by atoms with van der Waals surface area (Å²) < 4.78 is 30.7. The van der Waals surface area contributed by atoms with Gasteiger partial charge in [0.15, 0.2) is 0 Å². The van der Waals surface area contributed by atoms with Crippen molar-refractivity contribution in [3.05, 3.63) is 121 Å². The molecule has 0 bridgehead atoms. The number of anilines is 1. The van der Waals surface area contributed by atoms with Crippen molar-refractivity contribution in [3.63, 3.8) is 0 Å². The number of phosphoric ester groups is 1. The van der Waals surface area contributed by atoms with Gasteiger partial charge in [0.2, 0.25) is 0 Å². The Balaban J connectivity index is 1.63. The summed E-state index contributed by atoms with van der Waals surface area (Å²) in [5, 5.41) is 2.79. The standard InChI is InChI=1S/C25H20NO5P/c27-25(26-20-12-4-1-5-13-20)23-18-10-11-19-24(23)31-32(28,29-21-14-6-2-7-15-21)30-22-16-8-3-9-17-22/h1-19H,(H,26,27). The van der Waals surface area contributed by atoms with Crippen LogP contribution < -0.4 is 18.9 Å². The van der Waals surface area contributed by atoms with Crippen LogP contribution in [0.3, 0.4) is 0 Å². The summed E-state index contributed by atoms with van der Waals surface area (Å²) in [5.41, 5.74) is 0.807. The van der Waals surface area contributed by atoms with Crippen LogP contribution in [0, 0.1) is 0 Å². The number of rotatable bonds is 8. The van der Waals surface area contributed by atoms with Crippen LogP contribution in [0.25, 0.3) is 0 Å². The van der Waals surface area contributed by atoms with Gasteiger partial charge in [-0.05, 0) is 48.5 Å². The highest BCUT2D eigenvalue weighted by Gasteiger charge is 2.34. The van der Waals surface area contributed by atoms with Gasteiger partial charge in [-0.3, -0.25) is 4.79 Å². The highest BCUT2D eigenvalue weighted by molar-refractivity contribution is 7.49. The van der Waals surface area contributed by atoms with Crippen LogP contribution in [-0.2, 0) is 4.57 Å². The molecule has 1 N–H and O–H groups in total. The Morgan fingerprint density at radius 1 is 0.594 bits per heavy atom. The summed E-state index contributed by atoms with van der Waals surface area (Å²) >= 11 is 0. The van der Waals surface area contributed by atoms with E-state index in [2.05, 4.69) is 5.32 Å². The van der Waals surface area contributed by atoms with Crippen molar-refractivity contribution < 1.29 is 22.9 Å². The number of benzene rings is 4. The molecule has 0 aliphatic carbocycles. The number of nitrogens with one attached hydrogen (secondary N) is 1. The SMILES string of the molecule is O=C(Nc1ccccc1)c1ccccc1OP(=O)(Oc1ccccc1)Oc1ccccc1. The molecule has 1 amide bonds. The normalized spacial score (nSPS) is 10.8. The molecule has 0 heterocycles. The van der Waals surface area contributed by atoms with Crippen molar-refractivity contribution >= 4 is 19.4 Å². The second-order valence-electron chi connectivity index (χ2n) is 6.66. The highest BCUT2D eigenvalue weighted by Crippen LogP contribution is 2.50. The third kappa shape index (κ3) is 5.56. The van der Waals surface area contributed by atoms with Gasteiger partial charge in [-0.2, -0.15) is 4.57 Å². The Labute approximate surface area is 186 Å². The zero-order valence-corrected chi connectivity index (χ0v) is 17.9. The molecular formula is C25H20NO5P. The molecular weight excluding hydrogens is 425 g/mol. The number of carbonyl (C=O) groups excluding carboxylic acids is 1. The fourth-order valence-corrected chi connectivity index (χ4v) is 4.12. The van der Waals surface area contributed by atoms with Crippen molar-refractivity contribution in [1.29, 1.82) is 0 Å². The summed E-state index contributed by atoms with van der Waals surface area (Å²) in [4.78, 5) is 12.9. The van der Waals surface area contributed by atoms with E-state index in [1.165, 1.54) is 6.07 Å².